The Hall–Kier alpha value is -2.38. The number of aryl methyl sites for hydroxylation is 1. The second kappa shape index (κ2) is 8.33. The van der Waals surface area contributed by atoms with Gasteiger partial charge in [0.1, 0.15) is 0 Å². The average Bonchev–Trinajstić information content (AvgIpc) is 3.18. The number of benzene rings is 1. The summed E-state index contributed by atoms with van der Waals surface area (Å²) in [7, 11) is 0. The van der Waals surface area contributed by atoms with Crippen LogP contribution in [-0.4, -0.2) is 49.4 Å². The minimum absolute atomic E-state index is 0.199. The zero-order valence-corrected chi connectivity index (χ0v) is 15.9. The monoisotopic (exact) mass is 372 g/mol. The van der Waals surface area contributed by atoms with Gasteiger partial charge in [0, 0.05) is 31.9 Å². The quantitative estimate of drug-likeness (QED) is 0.805. The van der Waals surface area contributed by atoms with Gasteiger partial charge < -0.3 is 4.90 Å². The number of hydrazine groups is 1. The first-order chi connectivity index (χ1) is 12.5. The molecule has 1 aromatic heterocycles. The summed E-state index contributed by atoms with van der Waals surface area (Å²) in [6.45, 7) is 7.98. The summed E-state index contributed by atoms with van der Waals surface area (Å²) in [5.74, 6) is -0.483. The van der Waals surface area contributed by atoms with E-state index < -0.39 is 0 Å². The Kier molecular flexibility index (Phi) is 5.90. The summed E-state index contributed by atoms with van der Waals surface area (Å²) in [5.41, 5.74) is 8.84. The van der Waals surface area contributed by atoms with E-state index in [0.29, 0.717) is 4.88 Å². The van der Waals surface area contributed by atoms with Crippen molar-refractivity contribution >= 4 is 28.8 Å². The first-order valence-electron chi connectivity index (χ1n) is 8.71. The highest BCUT2D eigenvalue weighted by molar-refractivity contribution is 7.12. The number of anilines is 1. The average molecular weight is 372 g/mol. The molecule has 0 bridgehead atoms. The summed E-state index contributed by atoms with van der Waals surface area (Å²) in [6, 6.07) is 9.90. The molecule has 0 atom stereocenters. The number of carbonyl (C=O) groups excluding carboxylic acids is 2. The zero-order chi connectivity index (χ0) is 18.5. The van der Waals surface area contributed by atoms with E-state index in [1.807, 2.05) is 5.38 Å². The van der Waals surface area contributed by atoms with Gasteiger partial charge in [0.25, 0.3) is 11.8 Å². The number of rotatable bonds is 4. The van der Waals surface area contributed by atoms with Crippen LogP contribution in [0.2, 0.25) is 0 Å². The molecule has 0 saturated carbocycles. The van der Waals surface area contributed by atoms with E-state index in [1.54, 1.807) is 12.1 Å². The van der Waals surface area contributed by atoms with Crippen LogP contribution in [0.5, 0.6) is 0 Å². The number of thiophene rings is 1. The van der Waals surface area contributed by atoms with Crippen molar-refractivity contribution in [3.63, 3.8) is 0 Å². The largest absolute Gasteiger partial charge is 0.369 e. The molecule has 26 heavy (non-hydrogen) atoms. The molecule has 3 rings (SSSR count). The third-order valence-corrected chi connectivity index (χ3v) is 5.59. The van der Waals surface area contributed by atoms with Gasteiger partial charge >= 0.3 is 0 Å². The lowest BCUT2D eigenvalue weighted by molar-refractivity contribution is -0.123. The third kappa shape index (κ3) is 4.42. The van der Waals surface area contributed by atoms with Crippen molar-refractivity contribution in [3.05, 3.63) is 51.7 Å². The molecule has 1 aliphatic heterocycles. The SMILES string of the molecule is Cc1cccc(N2CCN(CC(=O)NNC(=O)c3cccs3)CC2)c1C. The second-order valence-electron chi connectivity index (χ2n) is 6.46. The smallest absolute Gasteiger partial charge is 0.279 e. The minimum Gasteiger partial charge on any atom is -0.369 e. The Bertz CT molecular complexity index is 768. The summed E-state index contributed by atoms with van der Waals surface area (Å²) >= 11 is 1.34. The normalized spacial score (nSPS) is 14.9. The fraction of sp³-hybridized carbons (Fsp3) is 0.368. The second-order valence-corrected chi connectivity index (χ2v) is 7.41. The maximum Gasteiger partial charge on any atom is 0.279 e. The van der Waals surface area contributed by atoms with Gasteiger partial charge in [0.2, 0.25) is 0 Å². The Morgan fingerprint density at radius 1 is 1.04 bits per heavy atom. The van der Waals surface area contributed by atoms with E-state index in [4.69, 9.17) is 0 Å². The molecular formula is C19H24N4O2S. The highest BCUT2D eigenvalue weighted by atomic mass is 32.1. The van der Waals surface area contributed by atoms with Crippen LogP contribution in [0.25, 0.3) is 0 Å². The van der Waals surface area contributed by atoms with E-state index in [9.17, 15) is 9.59 Å². The Labute approximate surface area is 157 Å². The standard InChI is InChI=1S/C19H24N4O2S/c1-14-5-3-6-16(15(14)2)23-10-8-22(9-11-23)13-18(24)20-21-19(25)17-7-4-12-26-17/h3-7,12H,8-11,13H2,1-2H3,(H,20,24)(H,21,25). The van der Waals surface area contributed by atoms with Gasteiger partial charge in [0.15, 0.2) is 0 Å². The molecule has 0 aliphatic carbocycles. The predicted octanol–water partition coefficient (Wildman–Crippen LogP) is 1.95. The fourth-order valence-electron chi connectivity index (χ4n) is 3.06. The lowest BCUT2D eigenvalue weighted by Gasteiger charge is -2.36. The maximum atomic E-state index is 12.1. The van der Waals surface area contributed by atoms with E-state index >= 15 is 0 Å². The van der Waals surface area contributed by atoms with Crippen molar-refractivity contribution in [1.82, 2.24) is 15.8 Å². The number of nitrogens with zero attached hydrogens (tertiary/aromatic N) is 2. The van der Waals surface area contributed by atoms with Crippen molar-refractivity contribution in [1.29, 1.82) is 0 Å². The maximum absolute atomic E-state index is 12.1. The van der Waals surface area contributed by atoms with E-state index in [0.717, 1.165) is 26.2 Å². The number of nitrogens with one attached hydrogen (secondary N) is 2. The van der Waals surface area contributed by atoms with Gasteiger partial charge in [-0.3, -0.25) is 25.3 Å². The molecule has 2 amide bonds. The lowest BCUT2D eigenvalue weighted by atomic mass is 10.1. The summed E-state index contributed by atoms with van der Waals surface area (Å²) in [6.07, 6.45) is 0. The molecule has 2 aromatic rings. The van der Waals surface area contributed by atoms with Crippen LogP contribution in [0.4, 0.5) is 5.69 Å². The fourth-order valence-corrected chi connectivity index (χ4v) is 3.68. The molecule has 0 unspecified atom stereocenters. The van der Waals surface area contributed by atoms with Gasteiger partial charge in [0.05, 0.1) is 11.4 Å². The Balaban J connectivity index is 1.44. The Morgan fingerprint density at radius 3 is 2.50 bits per heavy atom. The van der Waals surface area contributed by atoms with Crippen LogP contribution in [0, 0.1) is 13.8 Å². The van der Waals surface area contributed by atoms with E-state index in [2.05, 4.69) is 52.7 Å². The highest BCUT2D eigenvalue weighted by Crippen LogP contribution is 2.23. The lowest BCUT2D eigenvalue weighted by Crippen LogP contribution is -2.52. The van der Waals surface area contributed by atoms with Crippen LogP contribution < -0.4 is 15.8 Å². The molecular weight excluding hydrogens is 348 g/mol. The number of amides is 2. The molecule has 1 aliphatic rings. The third-order valence-electron chi connectivity index (χ3n) is 4.72. The van der Waals surface area contributed by atoms with Crippen LogP contribution >= 0.6 is 11.3 Å². The first kappa shape index (κ1) is 18.4. The van der Waals surface area contributed by atoms with Crippen LogP contribution in [-0.2, 0) is 4.79 Å². The van der Waals surface area contributed by atoms with E-state index in [1.165, 1.54) is 28.2 Å². The summed E-state index contributed by atoms with van der Waals surface area (Å²) in [5, 5.41) is 1.83. The van der Waals surface area contributed by atoms with Gasteiger partial charge in [-0.15, -0.1) is 11.3 Å². The molecule has 1 saturated heterocycles. The summed E-state index contributed by atoms with van der Waals surface area (Å²) in [4.78, 5) is 28.9. The van der Waals surface area contributed by atoms with Crippen molar-refractivity contribution in [2.75, 3.05) is 37.6 Å². The van der Waals surface area contributed by atoms with Gasteiger partial charge in [-0.05, 0) is 42.5 Å². The van der Waals surface area contributed by atoms with E-state index in [-0.39, 0.29) is 18.4 Å². The summed E-state index contributed by atoms with van der Waals surface area (Å²) < 4.78 is 0. The number of carbonyl (C=O) groups is 2. The van der Waals surface area contributed by atoms with Crippen molar-refractivity contribution < 1.29 is 9.59 Å². The van der Waals surface area contributed by atoms with Crippen LogP contribution in [0.15, 0.2) is 35.7 Å². The predicted molar refractivity (Wildman–Crippen MR) is 104 cm³/mol. The van der Waals surface area contributed by atoms with Crippen molar-refractivity contribution in [2.45, 2.75) is 13.8 Å². The van der Waals surface area contributed by atoms with Gasteiger partial charge in [-0.25, -0.2) is 0 Å². The van der Waals surface area contributed by atoms with Crippen molar-refractivity contribution in [2.24, 2.45) is 0 Å². The number of hydrogen-bond donors (Lipinski definition) is 2. The molecule has 7 heteroatoms. The molecule has 6 nitrogen and oxygen atoms in total. The first-order valence-corrected chi connectivity index (χ1v) is 9.59. The zero-order valence-electron chi connectivity index (χ0n) is 15.1. The molecule has 0 radical (unpaired) electrons. The topological polar surface area (TPSA) is 64.7 Å². The minimum atomic E-state index is -0.284. The molecule has 1 fully saturated rings. The van der Waals surface area contributed by atoms with Crippen LogP contribution in [0.1, 0.15) is 20.8 Å². The molecule has 138 valence electrons. The molecule has 2 N–H and O–H groups in total. The molecule has 2 heterocycles. The van der Waals surface area contributed by atoms with Crippen molar-refractivity contribution in [3.8, 4) is 0 Å². The number of hydrogen-bond acceptors (Lipinski definition) is 5. The van der Waals surface area contributed by atoms with Gasteiger partial charge in [-0.1, -0.05) is 18.2 Å². The molecule has 0 spiro atoms. The van der Waals surface area contributed by atoms with Crippen LogP contribution in [0.3, 0.4) is 0 Å². The molecule has 1 aromatic carbocycles. The number of piperazine rings is 1. The Morgan fingerprint density at radius 2 is 1.81 bits per heavy atom. The highest BCUT2D eigenvalue weighted by Gasteiger charge is 2.20. The van der Waals surface area contributed by atoms with Gasteiger partial charge in [-0.2, -0.15) is 0 Å².